The van der Waals surface area contributed by atoms with Crippen molar-refractivity contribution in [3.63, 3.8) is 0 Å². The number of fused-ring (bicyclic) bond motifs is 2. The van der Waals surface area contributed by atoms with Crippen LogP contribution < -0.4 is 0 Å². The Morgan fingerprint density at radius 1 is 0.842 bits per heavy atom. The Morgan fingerprint density at radius 2 is 1.71 bits per heavy atom. The molecular weight excluding hydrogens is 477 g/mol. The minimum atomic E-state index is -0.259. The number of benzene rings is 1. The monoisotopic (exact) mass is 503 g/mol. The lowest BCUT2D eigenvalue weighted by Crippen LogP contribution is -2.18. The summed E-state index contributed by atoms with van der Waals surface area (Å²) in [7, 11) is 0. The molecule has 38 heavy (non-hydrogen) atoms. The number of aromatic nitrogens is 6. The number of aryl methyl sites for hydroxylation is 1. The second kappa shape index (κ2) is 9.15. The first-order valence-electron chi connectivity index (χ1n) is 12.9. The van der Waals surface area contributed by atoms with Crippen molar-refractivity contribution >= 4 is 21.8 Å². The third kappa shape index (κ3) is 4.13. The SMILES string of the molecule is Cc1cc(F)cc(-c2cncc3[nH]c(-c4n[nH]c5cnc(-c6cncc(CN7CCCC7)c6)cc45)cc23)c1. The molecule has 8 heteroatoms. The van der Waals surface area contributed by atoms with Gasteiger partial charge < -0.3 is 4.98 Å². The molecule has 7 nitrogen and oxygen atoms in total. The molecule has 0 aliphatic carbocycles. The summed E-state index contributed by atoms with van der Waals surface area (Å²) in [5, 5.41) is 9.65. The second-order valence-corrected chi connectivity index (χ2v) is 10.1. The summed E-state index contributed by atoms with van der Waals surface area (Å²) in [6, 6.07) is 11.3. The number of H-pyrrole nitrogens is 2. The molecule has 6 aromatic rings. The van der Waals surface area contributed by atoms with E-state index in [2.05, 4.69) is 53.2 Å². The molecule has 1 aliphatic rings. The van der Waals surface area contributed by atoms with Gasteiger partial charge in [0.1, 0.15) is 11.5 Å². The van der Waals surface area contributed by atoms with Crippen LogP contribution in [0.1, 0.15) is 24.0 Å². The maximum atomic E-state index is 14.2. The van der Waals surface area contributed by atoms with Crippen molar-refractivity contribution in [3.05, 3.63) is 84.3 Å². The quantitative estimate of drug-likeness (QED) is 0.289. The Hall–Kier alpha value is -4.43. The van der Waals surface area contributed by atoms with Crippen LogP contribution in [0, 0.1) is 12.7 Å². The predicted molar refractivity (Wildman–Crippen MR) is 147 cm³/mol. The predicted octanol–water partition coefficient (Wildman–Crippen LogP) is 6.27. The highest BCUT2D eigenvalue weighted by atomic mass is 19.1. The van der Waals surface area contributed by atoms with Gasteiger partial charge in [0.05, 0.1) is 34.8 Å². The van der Waals surface area contributed by atoms with E-state index in [0.29, 0.717) is 0 Å². The van der Waals surface area contributed by atoms with Crippen LogP contribution in [0.25, 0.3) is 55.6 Å². The zero-order chi connectivity index (χ0) is 25.6. The molecule has 7 rings (SSSR count). The van der Waals surface area contributed by atoms with Gasteiger partial charge in [0.25, 0.3) is 0 Å². The fraction of sp³-hybridized carbons (Fsp3) is 0.200. The summed E-state index contributed by atoms with van der Waals surface area (Å²) in [6.07, 6.45) is 11.7. The Kier molecular flexibility index (Phi) is 5.47. The highest BCUT2D eigenvalue weighted by Crippen LogP contribution is 2.35. The molecule has 1 fully saturated rings. The summed E-state index contributed by atoms with van der Waals surface area (Å²) in [5.41, 5.74) is 8.93. The average Bonchev–Trinajstić information content (AvgIpc) is 3.67. The van der Waals surface area contributed by atoms with E-state index in [4.69, 9.17) is 0 Å². The summed E-state index contributed by atoms with van der Waals surface area (Å²) >= 11 is 0. The van der Waals surface area contributed by atoms with Crippen molar-refractivity contribution < 1.29 is 4.39 Å². The Balaban J connectivity index is 1.28. The molecule has 0 radical (unpaired) electrons. The van der Waals surface area contributed by atoms with Crippen LogP contribution in [-0.4, -0.2) is 48.1 Å². The summed E-state index contributed by atoms with van der Waals surface area (Å²) in [4.78, 5) is 19.5. The van der Waals surface area contributed by atoms with E-state index in [9.17, 15) is 4.39 Å². The third-order valence-electron chi connectivity index (χ3n) is 7.30. The molecule has 0 unspecified atom stereocenters. The molecule has 1 aliphatic heterocycles. The molecule has 0 spiro atoms. The number of nitrogens with zero attached hydrogens (tertiary/aromatic N) is 5. The van der Waals surface area contributed by atoms with Crippen LogP contribution in [0.4, 0.5) is 4.39 Å². The summed E-state index contributed by atoms with van der Waals surface area (Å²) in [5.74, 6) is -0.259. The van der Waals surface area contributed by atoms with Gasteiger partial charge in [-0.05, 0) is 79.9 Å². The van der Waals surface area contributed by atoms with Crippen molar-refractivity contribution in [2.24, 2.45) is 0 Å². The lowest BCUT2D eigenvalue weighted by Gasteiger charge is -2.14. The molecule has 0 saturated carbocycles. The van der Waals surface area contributed by atoms with Gasteiger partial charge in [-0.2, -0.15) is 5.10 Å². The smallest absolute Gasteiger partial charge is 0.124 e. The molecule has 1 saturated heterocycles. The van der Waals surface area contributed by atoms with Crippen molar-refractivity contribution in [2.75, 3.05) is 13.1 Å². The van der Waals surface area contributed by atoms with Gasteiger partial charge in [0.2, 0.25) is 0 Å². The number of nitrogens with one attached hydrogen (secondary N) is 2. The zero-order valence-electron chi connectivity index (χ0n) is 21.0. The van der Waals surface area contributed by atoms with Crippen molar-refractivity contribution in [1.82, 2.24) is 35.0 Å². The van der Waals surface area contributed by atoms with Gasteiger partial charge in [-0.25, -0.2) is 4.39 Å². The zero-order valence-corrected chi connectivity index (χ0v) is 21.0. The lowest BCUT2D eigenvalue weighted by molar-refractivity contribution is 0.331. The lowest BCUT2D eigenvalue weighted by atomic mass is 10.0. The third-order valence-corrected chi connectivity index (χ3v) is 7.30. The Labute approximate surface area is 218 Å². The normalized spacial score (nSPS) is 14.2. The molecule has 2 N–H and O–H groups in total. The minimum absolute atomic E-state index is 0.259. The number of hydrogen-bond acceptors (Lipinski definition) is 5. The van der Waals surface area contributed by atoms with Crippen LogP contribution >= 0.6 is 0 Å². The second-order valence-electron chi connectivity index (χ2n) is 10.1. The van der Waals surface area contributed by atoms with Gasteiger partial charge in [-0.1, -0.05) is 6.07 Å². The van der Waals surface area contributed by atoms with Crippen LogP contribution in [0.3, 0.4) is 0 Å². The standard InChI is InChI=1S/C30H26FN7/c1-18-6-20(9-22(31)7-18)25-14-33-15-28-23(25)10-27(35-28)30-24-11-26(34-16-29(24)36-37-30)21-8-19(12-32-13-21)17-38-4-2-3-5-38/h6-16,35H,2-5,17H2,1H3,(H,36,37). The van der Waals surface area contributed by atoms with E-state index < -0.39 is 0 Å². The molecule has 0 atom stereocenters. The van der Waals surface area contributed by atoms with Crippen molar-refractivity contribution in [2.45, 2.75) is 26.3 Å². The number of hydrogen-bond donors (Lipinski definition) is 2. The number of halogens is 1. The number of likely N-dealkylation sites (tertiary alicyclic amines) is 1. The van der Waals surface area contributed by atoms with Crippen molar-refractivity contribution in [3.8, 4) is 33.8 Å². The highest BCUT2D eigenvalue weighted by Gasteiger charge is 2.17. The molecular formula is C30H26FN7. The van der Waals surface area contributed by atoms with Gasteiger partial charge in [-0.3, -0.25) is 25.0 Å². The summed E-state index contributed by atoms with van der Waals surface area (Å²) < 4.78 is 14.2. The van der Waals surface area contributed by atoms with E-state index in [1.807, 2.05) is 31.6 Å². The molecule has 1 aromatic carbocycles. The molecule has 0 bridgehead atoms. The van der Waals surface area contributed by atoms with Crippen LogP contribution in [0.2, 0.25) is 0 Å². The average molecular weight is 504 g/mol. The van der Waals surface area contributed by atoms with Gasteiger partial charge in [0, 0.05) is 47.0 Å². The number of aromatic amines is 2. The van der Waals surface area contributed by atoms with Crippen LogP contribution in [-0.2, 0) is 6.54 Å². The molecule has 6 heterocycles. The first-order chi connectivity index (χ1) is 18.6. The van der Waals surface area contributed by atoms with Crippen LogP contribution in [0.15, 0.2) is 67.4 Å². The maximum Gasteiger partial charge on any atom is 0.124 e. The molecule has 5 aromatic heterocycles. The topological polar surface area (TPSA) is 86.4 Å². The van der Waals surface area contributed by atoms with E-state index in [-0.39, 0.29) is 5.82 Å². The Morgan fingerprint density at radius 3 is 2.58 bits per heavy atom. The number of pyridine rings is 3. The number of rotatable bonds is 5. The van der Waals surface area contributed by atoms with E-state index in [1.165, 1.54) is 24.5 Å². The van der Waals surface area contributed by atoms with Crippen LogP contribution in [0.5, 0.6) is 0 Å². The van der Waals surface area contributed by atoms with Gasteiger partial charge in [-0.15, -0.1) is 0 Å². The van der Waals surface area contributed by atoms with E-state index in [0.717, 1.165) is 80.8 Å². The molecule has 188 valence electrons. The Bertz CT molecular complexity index is 1780. The minimum Gasteiger partial charge on any atom is -0.352 e. The first-order valence-corrected chi connectivity index (χ1v) is 12.9. The largest absolute Gasteiger partial charge is 0.352 e. The molecule has 0 amide bonds. The fourth-order valence-corrected chi connectivity index (χ4v) is 5.49. The highest BCUT2D eigenvalue weighted by molar-refractivity contribution is 6.01. The van der Waals surface area contributed by atoms with Gasteiger partial charge >= 0.3 is 0 Å². The van der Waals surface area contributed by atoms with Crippen molar-refractivity contribution in [1.29, 1.82) is 0 Å². The summed E-state index contributed by atoms with van der Waals surface area (Å²) in [6.45, 7) is 5.10. The maximum absolute atomic E-state index is 14.2. The van der Waals surface area contributed by atoms with E-state index in [1.54, 1.807) is 18.5 Å². The van der Waals surface area contributed by atoms with Gasteiger partial charge in [0.15, 0.2) is 0 Å². The fourth-order valence-electron chi connectivity index (χ4n) is 5.49. The van der Waals surface area contributed by atoms with E-state index >= 15 is 0 Å². The first kappa shape index (κ1) is 22.7.